The molecule has 1 fully saturated rings. The minimum atomic E-state index is -0.234. The van der Waals surface area contributed by atoms with Crippen molar-refractivity contribution in [3.8, 4) is 11.1 Å². The Balaban J connectivity index is 1.30. The molecule has 180 valence electrons. The molecule has 6 heteroatoms. The molecule has 0 N–H and O–H groups in total. The van der Waals surface area contributed by atoms with Crippen LogP contribution in [0.3, 0.4) is 0 Å². The molecule has 0 bridgehead atoms. The molecule has 3 aromatic carbocycles. The van der Waals surface area contributed by atoms with Gasteiger partial charge in [0.1, 0.15) is 5.82 Å². The summed E-state index contributed by atoms with van der Waals surface area (Å²) in [5.41, 5.74) is 4.92. The van der Waals surface area contributed by atoms with E-state index in [-0.39, 0.29) is 17.8 Å². The Morgan fingerprint density at radius 1 is 1.00 bits per heavy atom. The van der Waals surface area contributed by atoms with Crippen LogP contribution >= 0.6 is 11.9 Å². The molecule has 0 spiro atoms. The molecule has 1 aliphatic rings. The molecule has 4 rings (SSSR count). The van der Waals surface area contributed by atoms with Crippen LogP contribution in [0.25, 0.3) is 11.1 Å². The van der Waals surface area contributed by atoms with Crippen LogP contribution in [-0.2, 0) is 6.42 Å². The van der Waals surface area contributed by atoms with E-state index in [0.29, 0.717) is 25.1 Å². The van der Waals surface area contributed by atoms with Gasteiger partial charge in [-0.3, -0.25) is 4.79 Å². The normalized spacial score (nSPS) is 16.3. The first-order valence-electron chi connectivity index (χ1n) is 11.8. The molecule has 0 aliphatic carbocycles. The van der Waals surface area contributed by atoms with Gasteiger partial charge in [-0.15, -0.1) is 0 Å². The van der Waals surface area contributed by atoms with Crippen molar-refractivity contribution in [2.75, 3.05) is 19.6 Å². The van der Waals surface area contributed by atoms with Crippen LogP contribution in [0, 0.1) is 5.82 Å². The van der Waals surface area contributed by atoms with E-state index >= 15 is 0 Å². The summed E-state index contributed by atoms with van der Waals surface area (Å²) in [4.78, 5) is 17.3. The zero-order chi connectivity index (χ0) is 24.8. The molecule has 1 heterocycles. The molecule has 1 aliphatic heterocycles. The van der Waals surface area contributed by atoms with Gasteiger partial charge in [-0.2, -0.15) is 0 Å². The molecule has 3 aromatic rings. The van der Waals surface area contributed by atoms with Crippen molar-refractivity contribution < 1.29 is 9.18 Å². The van der Waals surface area contributed by atoms with Gasteiger partial charge in [0, 0.05) is 55.3 Å². The highest BCUT2D eigenvalue weighted by molar-refractivity contribution is 8.01. The maximum atomic E-state index is 13.2. The van der Waals surface area contributed by atoms with Gasteiger partial charge in [0.05, 0.1) is 5.03 Å². The number of hydrogen-bond acceptors (Lipinski definition) is 4. The first kappa shape index (κ1) is 24.7. The van der Waals surface area contributed by atoms with Gasteiger partial charge in [-0.25, -0.2) is 8.79 Å². The summed E-state index contributed by atoms with van der Waals surface area (Å²) in [6, 6.07) is 24.6. The van der Waals surface area contributed by atoms with Crippen LogP contribution < -0.4 is 0 Å². The number of rotatable bonds is 7. The predicted octanol–water partition coefficient (Wildman–Crippen LogP) is 6.46. The third kappa shape index (κ3) is 6.40. The number of carbonyl (C=O) groups is 1. The average Bonchev–Trinajstić information content (AvgIpc) is 2.89. The number of halogens is 1. The number of piperazine rings is 1. The van der Waals surface area contributed by atoms with Crippen LogP contribution in [0.15, 0.2) is 94.9 Å². The Kier molecular flexibility index (Phi) is 8.03. The molecule has 1 amide bonds. The summed E-state index contributed by atoms with van der Waals surface area (Å²) in [5, 5.41) is 0.870. The van der Waals surface area contributed by atoms with Crippen LogP contribution in [0.5, 0.6) is 0 Å². The zero-order valence-electron chi connectivity index (χ0n) is 20.2. The van der Waals surface area contributed by atoms with E-state index < -0.39 is 0 Å². The minimum absolute atomic E-state index is 0.0585. The molecule has 0 aromatic heterocycles. The SMILES string of the molecule is C=C(S/N=C(\C)Cc1ccc(F)cc1)N1CCN(C(=O)c2ccc(-c3ccccc3)cc2)C(C)C1. The highest BCUT2D eigenvalue weighted by Gasteiger charge is 2.28. The summed E-state index contributed by atoms with van der Waals surface area (Å²) < 4.78 is 17.7. The Hall–Kier alpha value is -3.38. The second-order valence-corrected chi connectivity index (χ2v) is 9.69. The summed E-state index contributed by atoms with van der Waals surface area (Å²) in [6.45, 7) is 10.3. The van der Waals surface area contributed by atoms with Crippen molar-refractivity contribution in [2.24, 2.45) is 4.40 Å². The van der Waals surface area contributed by atoms with Gasteiger partial charge in [0.25, 0.3) is 5.91 Å². The summed E-state index contributed by atoms with van der Waals surface area (Å²) in [5.74, 6) is -0.176. The van der Waals surface area contributed by atoms with Crippen LogP contribution in [0.1, 0.15) is 29.8 Å². The largest absolute Gasteiger partial charge is 0.362 e. The lowest BCUT2D eigenvalue weighted by Crippen LogP contribution is -2.53. The van der Waals surface area contributed by atoms with E-state index in [1.165, 1.54) is 24.1 Å². The fraction of sp³-hybridized carbons (Fsp3) is 0.241. The monoisotopic (exact) mass is 487 g/mol. The number of nitrogens with zero attached hydrogens (tertiary/aromatic N) is 3. The van der Waals surface area contributed by atoms with Gasteiger partial charge >= 0.3 is 0 Å². The number of carbonyl (C=O) groups excluding carboxylic acids is 1. The van der Waals surface area contributed by atoms with E-state index in [1.807, 2.05) is 54.3 Å². The molecule has 1 unspecified atom stereocenters. The Bertz CT molecular complexity index is 1190. The highest BCUT2D eigenvalue weighted by atomic mass is 32.2. The van der Waals surface area contributed by atoms with Crippen molar-refractivity contribution in [3.63, 3.8) is 0 Å². The second kappa shape index (κ2) is 11.4. The minimum Gasteiger partial charge on any atom is -0.362 e. The lowest BCUT2D eigenvalue weighted by atomic mass is 10.0. The summed E-state index contributed by atoms with van der Waals surface area (Å²) in [7, 11) is 0. The van der Waals surface area contributed by atoms with Crippen LogP contribution in [0.2, 0.25) is 0 Å². The molecular formula is C29H30FN3OS. The molecule has 35 heavy (non-hydrogen) atoms. The van der Waals surface area contributed by atoms with Crippen molar-refractivity contribution in [1.82, 2.24) is 9.80 Å². The molecule has 1 atom stereocenters. The van der Waals surface area contributed by atoms with E-state index in [9.17, 15) is 9.18 Å². The summed E-state index contributed by atoms with van der Waals surface area (Å²) >= 11 is 1.36. The Morgan fingerprint density at radius 3 is 2.31 bits per heavy atom. The third-order valence-corrected chi connectivity index (χ3v) is 7.03. The smallest absolute Gasteiger partial charge is 0.254 e. The van der Waals surface area contributed by atoms with E-state index in [1.54, 1.807) is 12.1 Å². The fourth-order valence-corrected chi connectivity index (χ4v) is 4.81. The van der Waals surface area contributed by atoms with Crippen molar-refractivity contribution in [2.45, 2.75) is 26.3 Å². The molecule has 0 radical (unpaired) electrons. The number of hydrogen-bond donors (Lipinski definition) is 0. The fourth-order valence-electron chi connectivity index (χ4n) is 4.21. The van der Waals surface area contributed by atoms with E-state index in [2.05, 4.69) is 34.9 Å². The van der Waals surface area contributed by atoms with Crippen molar-refractivity contribution in [1.29, 1.82) is 0 Å². The zero-order valence-corrected chi connectivity index (χ0v) is 21.0. The summed E-state index contributed by atoms with van der Waals surface area (Å²) in [6.07, 6.45) is 0.669. The number of benzene rings is 3. The van der Waals surface area contributed by atoms with Gasteiger partial charge in [0.15, 0.2) is 0 Å². The van der Waals surface area contributed by atoms with Gasteiger partial charge < -0.3 is 9.80 Å². The maximum Gasteiger partial charge on any atom is 0.254 e. The van der Waals surface area contributed by atoms with Gasteiger partial charge in [-0.05, 0) is 54.8 Å². The first-order chi connectivity index (χ1) is 16.9. The topological polar surface area (TPSA) is 35.9 Å². The Labute approximate surface area is 211 Å². The molecule has 4 nitrogen and oxygen atoms in total. The standard InChI is InChI=1S/C29H30FN3OS/c1-21(19-24-9-15-28(30)16-10-24)31-35-23(3)32-17-18-33(22(2)20-32)29(34)27-13-11-26(12-14-27)25-7-5-4-6-8-25/h4-16,22H,3,17-20H2,1-2H3/b31-21+. The number of amides is 1. The van der Waals surface area contributed by atoms with Gasteiger partial charge in [0.2, 0.25) is 0 Å². The van der Waals surface area contributed by atoms with Crippen LogP contribution in [0.4, 0.5) is 4.39 Å². The Morgan fingerprint density at radius 2 is 1.66 bits per heavy atom. The quantitative estimate of drug-likeness (QED) is 0.283. The average molecular weight is 488 g/mol. The second-order valence-electron chi connectivity index (χ2n) is 8.85. The lowest BCUT2D eigenvalue weighted by Gasteiger charge is -2.41. The van der Waals surface area contributed by atoms with Crippen molar-refractivity contribution >= 4 is 23.6 Å². The predicted molar refractivity (Wildman–Crippen MR) is 144 cm³/mol. The van der Waals surface area contributed by atoms with Crippen molar-refractivity contribution in [3.05, 3.63) is 107 Å². The van der Waals surface area contributed by atoms with Crippen LogP contribution in [-0.4, -0.2) is 47.1 Å². The molecule has 0 saturated carbocycles. The lowest BCUT2D eigenvalue weighted by molar-refractivity contribution is 0.0555. The first-order valence-corrected chi connectivity index (χ1v) is 12.5. The highest BCUT2D eigenvalue weighted by Crippen LogP contribution is 2.25. The molecule has 1 saturated heterocycles. The molecular weight excluding hydrogens is 457 g/mol. The third-order valence-electron chi connectivity index (χ3n) is 6.16. The maximum absolute atomic E-state index is 13.2. The van der Waals surface area contributed by atoms with E-state index in [4.69, 9.17) is 0 Å². The van der Waals surface area contributed by atoms with E-state index in [0.717, 1.165) is 34.0 Å². The van der Waals surface area contributed by atoms with Gasteiger partial charge in [-0.1, -0.05) is 61.2 Å².